The molecule has 2 rings (SSSR count). The summed E-state index contributed by atoms with van der Waals surface area (Å²) in [4.78, 5) is 15.3. The highest BCUT2D eigenvalue weighted by Crippen LogP contribution is 2.10. The Bertz CT molecular complexity index is 593. The van der Waals surface area contributed by atoms with Gasteiger partial charge < -0.3 is 10.2 Å². The highest BCUT2D eigenvalue weighted by atomic mass is 127. The molecule has 0 aromatic carbocycles. The maximum atomic E-state index is 4.47. The molecule has 0 unspecified atom stereocenters. The van der Waals surface area contributed by atoms with E-state index in [9.17, 15) is 0 Å². The van der Waals surface area contributed by atoms with E-state index >= 15 is 0 Å². The highest BCUT2D eigenvalue weighted by molar-refractivity contribution is 14.0. The van der Waals surface area contributed by atoms with Crippen molar-refractivity contribution in [3.8, 4) is 0 Å². The summed E-state index contributed by atoms with van der Waals surface area (Å²) in [6, 6.07) is 0. The summed E-state index contributed by atoms with van der Waals surface area (Å²) in [6.45, 7) is 5.48. The summed E-state index contributed by atoms with van der Waals surface area (Å²) in [6.07, 6.45) is 0. The number of nitrogens with one attached hydrogen (secondary N) is 1. The van der Waals surface area contributed by atoms with E-state index < -0.39 is 0 Å². The lowest BCUT2D eigenvalue weighted by atomic mass is 10.4. The molecule has 2 aromatic heterocycles. The molecule has 5 nitrogen and oxygen atoms in total. The summed E-state index contributed by atoms with van der Waals surface area (Å²) in [5, 5.41) is 9.63. The molecule has 0 aliphatic carbocycles. The molecule has 1 N–H and O–H groups in total. The lowest BCUT2D eigenvalue weighted by Crippen LogP contribution is -2.38. The number of thiazole rings is 2. The Morgan fingerprint density at radius 1 is 1.29 bits per heavy atom. The molecule has 0 radical (unpaired) electrons. The van der Waals surface area contributed by atoms with Crippen LogP contribution in [0, 0.1) is 13.8 Å². The molecular formula is C13H20IN5S2. The van der Waals surface area contributed by atoms with Gasteiger partial charge in [-0.25, -0.2) is 9.97 Å². The number of nitrogens with zero attached hydrogens (tertiary/aromatic N) is 4. The normalized spacial score (nSPS) is 11.1. The molecule has 0 aliphatic rings. The SMILES string of the molecule is CN=C(NCc1nc(C)cs1)N(C)Cc1csc(C)n1.I. The third kappa shape index (κ3) is 5.51. The summed E-state index contributed by atoms with van der Waals surface area (Å²) < 4.78 is 0. The summed E-state index contributed by atoms with van der Waals surface area (Å²) in [7, 11) is 3.80. The molecule has 0 aliphatic heterocycles. The quantitative estimate of drug-likeness (QED) is 0.454. The van der Waals surface area contributed by atoms with E-state index in [0.29, 0.717) is 6.54 Å². The Balaban J connectivity index is 0.00000220. The van der Waals surface area contributed by atoms with Crippen LogP contribution in [-0.2, 0) is 13.1 Å². The second-order valence-corrected chi connectivity index (χ2v) is 6.50. The Kier molecular flexibility index (Phi) is 7.53. The van der Waals surface area contributed by atoms with E-state index in [2.05, 4.69) is 35.9 Å². The molecule has 0 saturated carbocycles. The molecule has 0 amide bonds. The third-order valence-corrected chi connectivity index (χ3v) is 4.49. The van der Waals surface area contributed by atoms with Gasteiger partial charge in [0, 0.05) is 30.5 Å². The number of hydrogen-bond acceptors (Lipinski definition) is 5. The molecule has 116 valence electrons. The van der Waals surface area contributed by atoms with Crippen molar-refractivity contribution in [3.05, 3.63) is 32.2 Å². The van der Waals surface area contributed by atoms with Gasteiger partial charge in [0.2, 0.25) is 0 Å². The molecule has 0 saturated heterocycles. The first-order valence-corrected chi connectivity index (χ1v) is 8.08. The number of aromatic nitrogens is 2. The molecule has 0 bridgehead atoms. The average molecular weight is 437 g/mol. The van der Waals surface area contributed by atoms with Crippen molar-refractivity contribution in [1.82, 2.24) is 20.2 Å². The van der Waals surface area contributed by atoms with Gasteiger partial charge in [0.15, 0.2) is 5.96 Å². The average Bonchev–Trinajstić information content (AvgIpc) is 2.99. The van der Waals surface area contributed by atoms with Crippen LogP contribution < -0.4 is 5.32 Å². The van der Waals surface area contributed by atoms with Crippen LogP contribution in [0.4, 0.5) is 0 Å². The Hall–Kier alpha value is -0.740. The number of hydrogen-bond donors (Lipinski definition) is 1. The molecule has 0 spiro atoms. The topological polar surface area (TPSA) is 53.4 Å². The van der Waals surface area contributed by atoms with Crippen LogP contribution in [0.15, 0.2) is 15.8 Å². The number of rotatable bonds is 4. The minimum atomic E-state index is 0. The standard InChI is InChI=1S/C13H19N5S2.HI/c1-9-7-20-12(16-9)5-15-13(14-3)18(4)6-11-8-19-10(2)17-11;/h7-8H,5-6H2,1-4H3,(H,14,15);1H. The van der Waals surface area contributed by atoms with Gasteiger partial charge in [0.05, 0.1) is 23.8 Å². The Labute approximate surface area is 150 Å². The van der Waals surface area contributed by atoms with Crippen molar-refractivity contribution in [2.75, 3.05) is 14.1 Å². The molecule has 8 heteroatoms. The summed E-state index contributed by atoms with van der Waals surface area (Å²) in [5.41, 5.74) is 2.14. The van der Waals surface area contributed by atoms with Crippen molar-refractivity contribution in [2.45, 2.75) is 26.9 Å². The number of guanidine groups is 1. The van der Waals surface area contributed by atoms with Crippen LogP contribution in [0.5, 0.6) is 0 Å². The predicted molar refractivity (Wildman–Crippen MR) is 101 cm³/mol. The largest absolute Gasteiger partial charge is 0.350 e. The molecule has 0 fully saturated rings. The van der Waals surface area contributed by atoms with Gasteiger partial charge in [0.25, 0.3) is 0 Å². The predicted octanol–water partition coefficient (Wildman–Crippen LogP) is 3.04. The van der Waals surface area contributed by atoms with E-state index in [1.54, 1.807) is 29.7 Å². The zero-order chi connectivity index (χ0) is 14.5. The van der Waals surface area contributed by atoms with E-state index in [-0.39, 0.29) is 24.0 Å². The molecule has 2 heterocycles. The van der Waals surface area contributed by atoms with Crippen molar-refractivity contribution in [2.24, 2.45) is 4.99 Å². The minimum absolute atomic E-state index is 0. The van der Waals surface area contributed by atoms with Crippen LogP contribution in [0.3, 0.4) is 0 Å². The first kappa shape index (κ1) is 18.3. The van der Waals surface area contributed by atoms with Gasteiger partial charge in [-0.3, -0.25) is 4.99 Å². The van der Waals surface area contributed by atoms with Gasteiger partial charge in [-0.1, -0.05) is 0 Å². The lowest BCUT2D eigenvalue weighted by molar-refractivity contribution is 0.470. The first-order chi connectivity index (χ1) is 9.58. The van der Waals surface area contributed by atoms with Gasteiger partial charge in [-0.15, -0.1) is 46.7 Å². The van der Waals surface area contributed by atoms with Crippen LogP contribution in [0.1, 0.15) is 21.4 Å². The molecule has 0 atom stereocenters. The zero-order valence-electron chi connectivity index (χ0n) is 12.6. The van der Waals surface area contributed by atoms with Crippen molar-refractivity contribution in [1.29, 1.82) is 0 Å². The Morgan fingerprint density at radius 3 is 2.57 bits per heavy atom. The second-order valence-electron chi connectivity index (χ2n) is 4.50. The van der Waals surface area contributed by atoms with Gasteiger partial charge in [-0.2, -0.15) is 0 Å². The molecule has 21 heavy (non-hydrogen) atoms. The summed E-state index contributed by atoms with van der Waals surface area (Å²) in [5.74, 6) is 0.850. The third-order valence-electron chi connectivity index (χ3n) is 2.70. The number of halogens is 1. The minimum Gasteiger partial charge on any atom is -0.350 e. The zero-order valence-corrected chi connectivity index (χ0v) is 16.5. The van der Waals surface area contributed by atoms with E-state index in [1.807, 2.05) is 20.9 Å². The fraction of sp³-hybridized carbons (Fsp3) is 0.462. The van der Waals surface area contributed by atoms with E-state index in [1.165, 1.54) is 0 Å². The van der Waals surface area contributed by atoms with Gasteiger partial charge in [0.1, 0.15) is 5.01 Å². The second kappa shape index (κ2) is 8.64. The van der Waals surface area contributed by atoms with E-state index in [0.717, 1.165) is 33.9 Å². The van der Waals surface area contributed by atoms with Gasteiger partial charge >= 0.3 is 0 Å². The van der Waals surface area contributed by atoms with Crippen molar-refractivity contribution < 1.29 is 0 Å². The van der Waals surface area contributed by atoms with Crippen LogP contribution in [0.25, 0.3) is 0 Å². The van der Waals surface area contributed by atoms with Crippen molar-refractivity contribution in [3.63, 3.8) is 0 Å². The highest BCUT2D eigenvalue weighted by Gasteiger charge is 2.09. The first-order valence-electron chi connectivity index (χ1n) is 6.32. The Morgan fingerprint density at radius 2 is 2.05 bits per heavy atom. The van der Waals surface area contributed by atoms with Gasteiger partial charge in [-0.05, 0) is 13.8 Å². The monoisotopic (exact) mass is 437 g/mol. The maximum Gasteiger partial charge on any atom is 0.194 e. The summed E-state index contributed by atoms with van der Waals surface area (Å²) >= 11 is 3.34. The molecular weight excluding hydrogens is 417 g/mol. The number of aryl methyl sites for hydroxylation is 2. The fourth-order valence-corrected chi connectivity index (χ4v) is 3.14. The van der Waals surface area contributed by atoms with Crippen LogP contribution in [-0.4, -0.2) is 34.9 Å². The van der Waals surface area contributed by atoms with Crippen molar-refractivity contribution >= 4 is 52.6 Å². The van der Waals surface area contributed by atoms with Crippen LogP contribution >= 0.6 is 46.7 Å². The maximum absolute atomic E-state index is 4.47. The number of aliphatic imine (C=N–C) groups is 1. The van der Waals surface area contributed by atoms with E-state index in [4.69, 9.17) is 0 Å². The lowest BCUT2D eigenvalue weighted by Gasteiger charge is -2.20. The fourth-order valence-electron chi connectivity index (χ4n) is 1.82. The van der Waals surface area contributed by atoms with Crippen LogP contribution in [0.2, 0.25) is 0 Å². The molecule has 2 aromatic rings. The smallest absolute Gasteiger partial charge is 0.194 e.